The first-order valence-corrected chi connectivity index (χ1v) is 9.63. The van der Waals surface area contributed by atoms with E-state index < -0.39 is 0 Å². The van der Waals surface area contributed by atoms with Crippen LogP contribution >= 0.6 is 22.6 Å². The minimum absolute atomic E-state index is 0.0228. The molecule has 0 spiro atoms. The molecular formula is C18H27F2IN2O. The highest BCUT2D eigenvalue weighted by Gasteiger charge is 2.40. The summed E-state index contributed by atoms with van der Waals surface area (Å²) in [4.78, 5) is 3.92. The van der Waals surface area contributed by atoms with Crippen molar-refractivity contribution in [3.8, 4) is 0 Å². The quantitative estimate of drug-likeness (QED) is 0.166. The van der Waals surface area contributed by atoms with Crippen LogP contribution in [0.1, 0.15) is 20.8 Å². The molecule has 1 rings (SSSR count). The molecule has 136 valence electrons. The summed E-state index contributed by atoms with van der Waals surface area (Å²) in [6.45, 7) is 9.46. The average molecular weight is 452 g/mol. The molecule has 0 aromatic carbocycles. The standard InChI is InChI=1S/C18H27F2IN2O/c1-5-14(7-6-12(2)8-19)17-18(24-17)23-11-15(10-22-4)16(9-21)13(3)20/h5-7,12,15,17-18,23H,4,8-11H2,1-3H3/b7-6-,14-5+,16-13+/t12?,15-,17?,18+/m1/s1. The number of hydrogen-bond acceptors (Lipinski definition) is 3. The predicted molar refractivity (Wildman–Crippen MR) is 105 cm³/mol. The van der Waals surface area contributed by atoms with Crippen molar-refractivity contribution >= 4 is 29.3 Å². The number of allylic oxidation sites excluding steroid dienone is 3. The molecule has 6 heteroatoms. The highest BCUT2D eigenvalue weighted by Crippen LogP contribution is 2.29. The second-order valence-electron chi connectivity index (χ2n) is 5.96. The van der Waals surface area contributed by atoms with Gasteiger partial charge in [-0.3, -0.25) is 9.71 Å². The van der Waals surface area contributed by atoms with E-state index in [-0.39, 0.29) is 36.7 Å². The Bertz CT molecular complexity index is 501. The average Bonchev–Trinajstić information content (AvgIpc) is 3.32. The molecule has 0 amide bonds. The fourth-order valence-electron chi connectivity index (χ4n) is 2.40. The van der Waals surface area contributed by atoms with Crippen LogP contribution in [-0.4, -0.2) is 43.2 Å². The number of aliphatic imine (C=N–C) groups is 1. The van der Waals surface area contributed by atoms with Crippen molar-refractivity contribution in [3.63, 3.8) is 0 Å². The van der Waals surface area contributed by atoms with Gasteiger partial charge in [-0.15, -0.1) is 0 Å². The van der Waals surface area contributed by atoms with Gasteiger partial charge in [0.2, 0.25) is 0 Å². The van der Waals surface area contributed by atoms with E-state index in [4.69, 9.17) is 4.74 Å². The molecule has 0 aromatic rings. The van der Waals surface area contributed by atoms with Crippen LogP contribution in [0.4, 0.5) is 8.78 Å². The minimum Gasteiger partial charge on any atom is -0.348 e. The van der Waals surface area contributed by atoms with Gasteiger partial charge in [0.1, 0.15) is 12.3 Å². The maximum atomic E-state index is 13.7. The van der Waals surface area contributed by atoms with E-state index in [1.807, 2.05) is 32.1 Å². The van der Waals surface area contributed by atoms with Crippen LogP contribution in [0.5, 0.6) is 0 Å². The third-order valence-electron chi connectivity index (χ3n) is 4.01. The Labute approximate surface area is 157 Å². The molecule has 24 heavy (non-hydrogen) atoms. The summed E-state index contributed by atoms with van der Waals surface area (Å²) in [5.41, 5.74) is 1.79. The summed E-state index contributed by atoms with van der Waals surface area (Å²) in [6, 6.07) is 0. The van der Waals surface area contributed by atoms with E-state index in [1.54, 1.807) is 0 Å². The zero-order valence-electron chi connectivity index (χ0n) is 14.6. The number of rotatable bonds is 11. The van der Waals surface area contributed by atoms with Crippen LogP contribution in [0.2, 0.25) is 0 Å². The van der Waals surface area contributed by atoms with Gasteiger partial charge in [-0.25, -0.2) is 4.39 Å². The zero-order chi connectivity index (χ0) is 18.1. The Morgan fingerprint density at radius 1 is 1.50 bits per heavy atom. The molecule has 1 heterocycles. The molecule has 0 saturated carbocycles. The highest BCUT2D eigenvalue weighted by molar-refractivity contribution is 14.1. The number of epoxide rings is 1. The normalized spacial score (nSPS) is 24.7. The first-order valence-electron chi connectivity index (χ1n) is 8.11. The van der Waals surface area contributed by atoms with E-state index in [0.29, 0.717) is 17.5 Å². The van der Waals surface area contributed by atoms with Crippen molar-refractivity contribution in [2.45, 2.75) is 33.1 Å². The lowest BCUT2D eigenvalue weighted by atomic mass is 9.99. The molecule has 1 saturated heterocycles. The van der Waals surface area contributed by atoms with Gasteiger partial charge in [0.15, 0.2) is 0 Å². The van der Waals surface area contributed by atoms with E-state index in [2.05, 4.69) is 39.6 Å². The monoisotopic (exact) mass is 452 g/mol. The van der Waals surface area contributed by atoms with E-state index in [9.17, 15) is 8.78 Å². The van der Waals surface area contributed by atoms with Gasteiger partial charge in [-0.1, -0.05) is 47.7 Å². The maximum absolute atomic E-state index is 13.7. The van der Waals surface area contributed by atoms with Gasteiger partial charge >= 0.3 is 0 Å². The second kappa shape index (κ2) is 11.1. The summed E-state index contributed by atoms with van der Waals surface area (Å²) in [7, 11) is 0. The van der Waals surface area contributed by atoms with Gasteiger partial charge in [0.05, 0.1) is 12.5 Å². The lowest BCUT2D eigenvalue weighted by molar-refractivity contribution is 0.345. The SMILES string of the molecule is C=NC[C@H](CN[C@H]1OC1C(/C=C\C(C)CF)=C/C)/C(CI)=C(\C)F. The van der Waals surface area contributed by atoms with E-state index >= 15 is 0 Å². The van der Waals surface area contributed by atoms with Crippen molar-refractivity contribution in [1.82, 2.24) is 5.32 Å². The van der Waals surface area contributed by atoms with Crippen LogP contribution < -0.4 is 5.32 Å². The summed E-state index contributed by atoms with van der Waals surface area (Å²) in [5.74, 6) is -0.271. The van der Waals surface area contributed by atoms with E-state index in [1.165, 1.54) is 6.92 Å². The largest absolute Gasteiger partial charge is 0.348 e. The Kier molecular flexibility index (Phi) is 9.92. The summed E-state index contributed by atoms with van der Waals surface area (Å²) in [5, 5.41) is 3.31. The lowest BCUT2D eigenvalue weighted by Crippen LogP contribution is -2.30. The van der Waals surface area contributed by atoms with E-state index in [0.717, 1.165) is 11.1 Å². The van der Waals surface area contributed by atoms with Gasteiger partial charge < -0.3 is 9.73 Å². The number of halogens is 3. The van der Waals surface area contributed by atoms with Gasteiger partial charge in [-0.05, 0) is 31.7 Å². The Hall–Kier alpha value is -0.600. The number of ether oxygens (including phenoxy) is 1. The van der Waals surface area contributed by atoms with Crippen LogP contribution in [0.15, 0.2) is 40.2 Å². The van der Waals surface area contributed by atoms with Crippen molar-refractivity contribution < 1.29 is 13.5 Å². The van der Waals surface area contributed by atoms with Crippen LogP contribution in [0, 0.1) is 11.8 Å². The van der Waals surface area contributed by atoms with Crippen LogP contribution in [0.25, 0.3) is 0 Å². The molecule has 0 aromatic heterocycles. The molecule has 3 nitrogen and oxygen atoms in total. The zero-order valence-corrected chi connectivity index (χ0v) is 16.7. The molecule has 0 aliphatic carbocycles. The Morgan fingerprint density at radius 3 is 2.71 bits per heavy atom. The fraction of sp³-hybridized carbons (Fsp3) is 0.611. The smallest absolute Gasteiger partial charge is 0.139 e. The van der Waals surface area contributed by atoms with Crippen molar-refractivity contribution in [2.75, 3.05) is 24.2 Å². The molecule has 1 aliphatic rings. The Morgan fingerprint density at radius 2 is 2.21 bits per heavy atom. The molecule has 0 radical (unpaired) electrons. The number of hydrogen-bond donors (Lipinski definition) is 1. The highest BCUT2D eigenvalue weighted by atomic mass is 127. The minimum atomic E-state index is -0.370. The molecule has 0 bridgehead atoms. The predicted octanol–water partition coefficient (Wildman–Crippen LogP) is 4.40. The third kappa shape index (κ3) is 6.72. The topological polar surface area (TPSA) is 36.9 Å². The van der Waals surface area contributed by atoms with Gasteiger partial charge in [-0.2, -0.15) is 0 Å². The first kappa shape index (κ1) is 21.4. The Balaban J connectivity index is 2.58. The summed E-state index contributed by atoms with van der Waals surface area (Å²) >= 11 is 2.17. The molecule has 1 aliphatic heterocycles. The summed E-state index contributed by atoms with van der Waals surface area (Å²) in [6.07, 6.45) is 5.61. The molecule has 2 unspecified atom stereocenters. The molecule has 4 atom stereocenters. The van der Waals surface area contributed by atoms with Crippen LogP contribution in [0.3, 0.4) is 0 Å². The molecular weight excluding hydrogens is 425 g/mol. The number of nitrogens with zero attached hydrogens (tertiary/aromatic N) is 1. The van der Waals surface area contributed by atoms with Crippen LogP contribution in [-0.2, 0) is 4.74 Å². The first-order chi connectivity index (χ1) is 11.5. The molecule has 1 fully saturated rings. The fourth-order valence-corrected chi connectivity index (χ4v) is 3.55. The van der Waals surface area contributed by atoms with Crippen molar-refractivity contribution in [3.05, 3.63) is 35.2 Å². The maximum Gasteiger partial charge on any atom is 0.139 e. The number of nitrogens with one attached hydrogen (secondary N) is 1. The number of alkyl halides is 2. The molecule has 1 N–H and O–H groups in total. The van der Waals surface area contributed by atoms with Gasteiger partial charge in [0.25, 0.3) is 0 Å². The second-order valence-corrected chi connectivity index (χ2v) is 6.72. The third-order valence-corrected chi connectivity index (χ3v) is 4.83. The van der Waals surface area contributed by atoms with Crippen molar-refractivity contribution in [2.24, 2.45) is 16.8 Å². The van der Waals surface area contributed by atoms with Gasteiger partial charge in [0, 0.05) is 29.4 Å². The summed E-state index contributed by atoms with van der Waals surface area (Å²) < 4.78 is 32.5. The van der Waals surface area contributed by atoms with Crippen molar-refractivity contribution in [1.29, 1.82) is 0 Å². The lowest BCUT2D eigenvalue weighted by Gasteiger charge is -2.17.